The Morgan fingerprint density at radius 2 is 1.73 bits per heavy atom. The average molecular weight is 376 g/mol. The third-order valence-electron chi connectivity index (χ3n) is 4.02. The van der Waals surface area contributed by atoms with E-state index in [2.05, 4.69) is 5.32 Å². The first-order valence-corrected chi connectivity index (χ1v) is 8.29. The summed E-state index contributed by atoms with van der Waals surface area (Å²) in [6, 6.07) is 12.7. The molecule has 2 rings (SSSR count). The highest BCUT2D eigenvalue weighted by Crippen LogP contribution is 2.19. The number of benzene rings is 2. The third kappa shape index (κ3) is 5.49. The molecule has 6 heteroatoms. The number of aryl methyl sites for hydroxylation is 1. The van der Waals surface area contributed by atoms with Crippen LogP contribution in [-0.2, 0) is 11.3 Å². The molecule has 3 N–H and O–H groups in total. The van der Waals surface area contributed by atoms with E-state index in [-0.39, 0.29) is 30.1 Å². The standard InChI is InChI=1S/C20H25N3O2.ClH/c1-13(2)20(25)23(4)12-15-6-8-16(9-7-15)19(24)22-18-11-17(21)10-5-14(18)3;/h5-11,13H,12,21H2,1-4H3,(H,22,24);1H. The van der Waals surface area contributed by atoms with Crippen molar-refractivity contribution < 1.29 is 9.59 Å². The quantitative estimate of drug-likeness (QED) is 0.779. The van der Waals surface area contributed by atoms with Gasteiger partial charge in [0.05, 0.1) is 0 Å². The Labute approximate surface area is 161 Å². The number of hydrogen-bond donors (Lipinski definition) is 2. The van der Waals surface area contributed by atoms with Crippen molar-refractivity contribution in [2.75, 3.05) is 18.1 Å². The van der Waals surface area contributed by atoms with E-state index in [0.29, 0.717) is 23.5 Å². The Balaban J connectivity index is 0.00000338. The first-order valence-electron chi connectivity index (χ1n) is 8.29. The Kier molecular flexibility index (Phi) is 7.65. The molecule has 0 saturated carbocycles. The van der Waals surface area contributed by atoms with E-state index >= 15 is 0 Å². The van der Waals surface area contributed by atoms with Gasteiger partial charge in [0.1, 0.15) is 0 Å². The second-order valence-electron chi connectivity index (χ2n) is 6.57. The van der Waals surface area contributed by atoms with Crippen molar-refractivity contribution in [3.8, 4) is 0 Å². The fourth-order valence-corrected chi connectivity index (χ4v) is 2.52. The van der Waals surface area contributed by atoms with Gasteiger partial charge in [-0.05, 0) is 42.3 Å². The smallest absolute Gasteiger partial charge is 0.255 e. The van der Waals surface area contributed by atoms with Crippen molar-refractivity contribution >= 4 is 35.6 Å². The number of anilines is 2. The summed E-state index contributed by atoms with van der Waals surface area (Å²) in [5.41, 5.74) is 9.57. The van der Waals surface area contributed by atoms with Crippen molar-refractivity contribution in [2.45, 2.75) is 27.3 Å². The van der Waals surface area contributed by atoms with E-state index in [1.54, 1.807) is 36.2 Å². The number of amides is 2. The molecule has 0 bridgehead atoms. The van der Waals surface area contributed by atoms with Gasteiger partial charge in [-0.3, -0.25) is 9.59 Å². The molecular weight excluding hydrogens is 350 g/mol. The van der Waals surface area contributed by atoms with Gasteiger partial charge in [-0.25, -0.2) is 0 Å². The van der Waals surface area contributed by atoms with Gasteiger partial charge in [-0.15, -0.1) is 12.4 Å². The lowest BCUT2D eigenvalue weighted by Crippen LogP contribution is -2.29. The zero-order chi connectivity index (χ0) is 18.6. The van der Waals surface area contributed by atoms with Gasteiger partial charge in [0.2, 0.25) is 5.91 Å². The fraction of sp³-hybridized carbons (Fsp3) is 0.300. The van der Waals surface area contributed by atoms with Gasteiger partial charge < -0.3 is 16.0 Å². The predicted octanol–water partition coefficient (Wildman–Crippen LogP) is 3.87. The summed E-state index contributed by atoms with van der Waals surface area (Å²) in [5, 5.41) is 2.88. The van der Waals surface area contributed by atoms with Crippen LogP contribution >= 0.6 is 12.4 Å². The summed E-state index contributed by atoms with van der Waals surface area (Å²) in [4.78, 5) is 26.0. The maximum atomic E-state index is 12.4. The fourth-order valence-electron chi connectivity index (χ4n) is 2.52. The lowest BCUT2D eigenvalue weighted by atomic mass is 10.1. The lowest BCUT2D eigenvalue weighted by Gasteiger charge is -2.19. The van der Waals surface area contributed by atoms with Crippen LogP contribution < -0.4 is 11.1 Å². The summed E-state index contributed by atoms with van der Waals surface area (Å²) >= 11 is 0. The number of nitrogens with zero attached hydrogens (tertiary/aromatic N) is 1. The van der Waals surface area contributed by atoms with Crippen LogP contribution in [0.2, 0.25) is 0 Å². The number of nitrogen functional groups attached to an aromatic ring is 1. The second-order valence-corrected chi connectivity index (χ2v) is 6.57. The van der Waals surface area contributed by atoms with E-state index in [0.717, 1.165) is 11.1 Å². The third-order valence-corrected chi connectivity index (χ3v) is 4.02. The summed E-state index contributed by atoms with van der Waals surface area (Å²) < 4.78 is 0. The molecule has 5 nitrogen and oxygen atoms in total. The Morgan fingerprint density at radius 3 is 2.31 bits per heavy atom. The molecule has 0 aliphatic carbocycles. The van der Waals surface area contributed by atoms with Crippen molar-refractivity contribution in [3.63, 3.8) is 0 Å². The summed E-state index contributed by atoms with van der Waals surface area (Å²) in [7, 11) is 1.78. The van der Waals surface area contributed by atoms with Gasteiger partial charge in [-0.2, -0.15) is 0 Å². The van der Waals surface area contributed by atoms with Crippen molar-refractivity contribution in [1.82, 2.24) is 4.90 Å². The zero-order valence-corrected chi connectivity index (χ0v) is 16.4. The molecule has 0 saturated heterocycles. The number of hydrogen-bond acceptors (Lipinski definition) is 3. The lowest BCUT2D eigenvalue weighted by molar-refractivity contribution is -0.133. The van der Waals surface area contributed by atoms with Crippen LogP contribution in [0.15, 0.2) is 42.5 Å². The van der Waals surface area contributed by atoms with Crippen LogP contribution in [0, 0.1) is 12.8 Å². The Hall–Kier alpha value is -2.53. The molecule has 0 unspecified atom stereocenters. The SMILES string of the molecule is Cc1ccc(N)cc1NC(=O)c1ccc(CN(C)C(=O)C(C)C)cc1.Cl. The van der Waals surface area contributed by atoms with Gasteiger partial charge in [0.25, 0.3) is 5.91 Å². The molecule has 2 aromatic carbocycles. The van der Waals surface area contributed by atoms with Crippen LogP contribution in [-0.4, -0.2) is 23.8 Å². The summed E-state index contributed by atoms with van der Waals surface area (Å²) in [6.07, 6.45) is 0. The van der Waals surface area contributed by atoms with E-state index in [9.17, 15) is 9.59 Å². The van der Waals surface area contributed by atoms with Crippen LogP contribution in [0.3, 0.4) is 0 Å². The highest BCUT2D eigenvalue weighted by molar-refractivity contribution is 6.04. The molecule has 26 heavy (non-hydrogen) atoms. The molecule has 0 fully saturated rings. The van der Waals surface area contributed by atoms with E-state index in [1.165, 1.54) is 0 Å². The number of halogens is 1. The maximum absolute atomic E-state index is 12.4. The largest absolute Gasteiger partial charge is 0.399 e. The van der Waals surface area contributed by atoms with E-state index in [1.807, 2.05) is 39.0 Å². The van der Waals surface area contributed by atoms with Crippen molar-refractivity contribution in [3.05, 3.63) is 59.2 Å². The van der Waals surface area contributed by atoms with E-state index in [4.69, 9.17) is 5.73 Å². The van der Waals surface area contributed by atoms with Gasteiger partial charge in [0, 0.05) is 36.4 Å². The van der Waals surface area contributed by atoms with Crippen LogP contribution in [0.1, 0.15) is 35.3 Å². The Morgan fingerprint density at radius 1 is 1.12 bits per heavy atom. The zero-order valence-electron chi connectivity index (χ0n) is 15.6. The number of carbonyl (C=O) groups is 2. The number of rotatable bonds is 5. The molecule has 0 aromatic heterocycles. The summed E-state index contributed by atoms with van der Waals surface area (Å²) in [5.74, 6) is -0.123. The first kappa shape index (κ1) is 21.5. The molecular formula is C20H26ClN3O2. The minimum absolute atomic E-state index is 0. The number of nitrogens with two attached hydrogens (primary N) is 1. The number of carbonyl (C=O) groups excluding carboxylic acids is 2. The van der Waals surface area contributed by atoms with Crippen molar-refractivity contribution in [2.24, 2.45) is 5.92 Å². The molecule has 0 aliphatic rings. The van der Waals surface area contributed by atoms with Crippen LogP contribution in [0.5, 0.6) is 0 Å². The molecule has 0 heterocycles. The highest BCUT2D eigenvalue weighted by atomic mass is 35.5. The molecule has 0 spiro atoms. The van der Waals surface area contributed by atoms with Crippen LogP contribution in [0.25, 0.3) is 0 Å². The molecule has 0 aliphatic heterocycles. The normalized spacial score (nSPS) is 10.2. The molecule has 0 radical (unpaired) electrons. The topological polar surface area (TPSA) is 75.4 Å². The van der Waals surface area contributed by atoms with E-state index < -0.39 is 0 Å². The molecule has 0 atom stereocenters. The average Bonchev–Trinajstić information content (AvgIpc) is 2.57. The van der Waals surface area contributed by atoms with Gasteiger partial charge in [0.15, 0.2) is 0 Å². The first-order chi connectivity index (χ1) is 11.8. The maximum Gasteiger partial charge on any atom is 0.255 e. The monoisotopic (exact) mass is 375 g/mol. The van der Waals surface area contributed by atoms with Gasteiger partial charge in [-0.1, -0.05) is 32.0 Å². The second kappa shape index (κ2) is 9.25. The molecule has 2 aromatic rings. The van der Waals surface area contributed by atoms with Gasteiger partial charge >= 0.3 is 0 Å². The predicted molar refractivity (Wildman–Crippen MR) is 109 cm³/mol. The Bertz CT molecular complexity index is 773. The number of nitrogens with one attached hydrogen (secondary N) is 1. The van der Waals surface area contributed by atoms with Crippen molar-refractivity contribution in [1.29, 1.82) is 0 Å². The molecule has 140 valence electrons. The summed E-state index contributed by atoms with van der Waals surface area (Å²) in [6.45, 7) is 6.20. The van der Waals surface area contributed by atoms with Crippen LogP contribution in [0.4, 0.5) is 11.4 Å². The minimum Gasteiger partial charge on any atom is -0.399 e. The molecule has 2 amide bonds. The highest BCUT2D eigenvalue weighted by Gasteiger charge is 2.13. The minimum atomic E-state index is -0.188.